The van der Waals surface area contributed by atoms with Crippen LogP contribution in [0.3, 0.4) is 0 Å². The zero-order valence-corrected chi connectivity index (χ0v) is 19.2. The molecule has 3 aromatic carbocycles. The van der Waals surface area contributed by atoms with Crippen LogP contribution in [0, 0.1) is 0 Å². The number of nitrogens with one attached hydrogen (secondary N) is 1. The Kier molecular flexibility index (Phi) is 6.40. The Labute approximate surface area is 202 Å². The Morgan fingerprint density at radius 1 is 0.944 bits per heavy atom. The summed E-state index contributed by atoms with van der Waals surface area (Å²) < 4.78 is 90.1. The Bertz CT molecular complexity index is 1250. The van der Waals surface area contributed by atoms with Crippen molar-refractivity contribution < 1.29 is 40.6 Å². The summed E-state index contributed by atoms with van der Waals surface area (Å²) in [6.45, 7) is 4.11. The normalized spacial score (nSPS) is 14.7. The van der Waals surface area contributed by atoms with E-state index in [0.29, 0.717) is 29.2 Å². The van der Waals surface area contributed by atoms with Gasteiger partial charge in [-0.15, -0.1) is 0 Å². The molecule has 190 valence electrons. The fourth-order valence-electron chi connectivity index (χ4n) is 3.84. The number of hydrogen-bond donors (Lipinski definition) is 1. The molecule has 0 radical (unpaired) electrons. The number of benzene rings is 3. The first kappa shape index (κ1) is 25.4. The topological polar surface area (TPSA) is 47.6 Å². The minimum atomic E-state index is -5.01. The van der Waals surface area contributed by atoms with Crippen LogP contribution in [0.5, 0.6) is 11.5 Å². The number of rotatable bonds is 5. The van der Waals surface area contributed by atoms with Crippen LogP contribution in [-0.2, 0) is 25.4 Å². The average molecular weight is 509 g/mol. The maximum absolute atomic E-state index is 13.0. The van der Waals surface area contributed by atoms with Gasteiger partial charge in [0, 0.05) is 23.2 Å². The van der Waals surface area contributed by atoms with Crippen LogP contribution in [0.2, 0.25) is 0 Å². The van der Waals surface area contributed by atoms with E-state index in [1.165, 1.54) is 12.1 Å². The Hall–Kier alpha value is -3.69. The maximum atomic E-state index is 13.0. The molecule has 3 aromatic rings. The molecule has 1 aliphatic heterocycles. The number of fused-ring (bicyclic) bond motifs is 1. The van der Waals surface area contributed by atoms with E-state index < -0.39 is 35.1 Å². The molecule has 4 nitrogen and oxygen atoms in total. The lowest BCUT2D eigenvalue weighted by Crippen LogP contribution is -2.24. The van der Waals surface area contributed by atoms with Crippen molar-refractivity contribution in [1.29, 1.82) is 0 Å². The van der Waals surface area contributed by atoms with Crippen LogP contribution in [0.25, 0.3) is 0 Å². The van der Waals surface area contributed by atoms with Crippen molar-refractivity contribution in [1.82, 2.24) is 0 Å². The van der Waals surface area contributed by atoms with Crippen LogP contribution in [0.15, 0.2) is 60.7 Å². The molecule has 1 heterocycles. The van der Waals surface area contributed by atoms with Gasteiger partial charge in [0.2, 0.25) is 0 Å². The highest BCUT2D eigenvalue weighted by Crippen LogP contribution is 2.42. The van der Waals surface area contributed by atoms with Crippen LogP contribution in [0.4, 0.5) is 32.0 Å². The molecule has 0 saturated carbocycles. The summed E-state index contributed by atoms with van der Waals surface area (Å²) in [6.07, 6.45) is -9.27. The molecule has 0 aromatic heterocycles. The van der Waals surface area contributed by atoms with Gasteiger partial charge in [-0.25, -0.2) is 0 Å². The molecule has 36 heavy (non-hydrogen) atoms. The monoisotopic (exact) mass is 509 g/mol. The lowest BCUT2D eigenvalue weighted by molar-refractivity contribution is -0.143. The van der Waals surface area contributed by atoms with E-state index in [-0.39, 0.29) is 23.8 Å². The minimum Gasteiger partial charge on any atom is -0.485 e. The van der Waals surface area contributed by atoms with Gasteiger partial charge in [0.25, 0.3) is 5.91 Å². The largest absolute Gasteiger partial charge is 0.485 e. The van der Waals surface area contributed by atoms with Gasteiger partial charge >= 0.3 is 12.4 Å². The number of ether oxygens (including phenoxy) is 2. The quantitative estimate of drug-likeness (QED) is 0.368. The molecule has 0 fully saturated rings. The lowest BCUT2D eigenvalue weighted by Gasteiger charge is -2.18. The molecule has 0 bridgehead atoms. The molecule has 0 aliphatic carbocycles. The molecule has 1 aliphatic rings. The third kappa shape index (κ3) is 5.75. The number of carbonyl (C=O) groups excluding carboxylic acids is 1. The predicted octanol–water partition coefficient (Wildman–Crippen LogP) is 7.27. The summed E-state index contributed by atoms with van der Waals surface area (Å²) in [5.74, 6) is 0.397. The lowest BCUT2D eigenvalue weighted by atomic mass is 10.0. The molecule has 0 atom stereocenters. The first-order valence-corrected chi connectivity index (χ1v) is 10.8. The second-order valence-corrected chi connectivity index (χ2v) is 9.02. The number of alkyl halides is 6. The molecular weight excluding hydrogens is 488 g/mol. The number of para-hydroxylation sites is 1. The fraction of sp³-hybridized carbons (Fsp3) is 0.269. The highest BCUT2D eigenvalue weighted by atomic mass is 19.4. The minimum absolute atomic E-state index is 0.00139. The van der Waals surface area contributed by atoms with Crippen molar-refractivity contribution in [2.75, 3.05) is 5.32 Å². The zero-order valence-electron chi connectivity index (χ0n) is 19.2. The van der Waals surface area contributed by atoms with Crippen LogP contribution >= 0.6 is 0 Å². The standard InChI is InChI=1S/C26H21F6NO3/c1-24(2)13-17-4-3-5-21(22(17)36-24)35-14-15-6-8-16(9-7-15)23(34)33-20-11-18(25(27,28)29)10-19(12-20)26(30,31)32/h3-12H,13-14H2,1-2H3,(H,33,34). The third-order valence-corrected chi connectivity index (χ3v) is 5.51. The van der Waals surface area contributed by atoms with E-state index >= 15 is 0 Å². The van der Waals surface area contributed by atoms with Crippen molar-refractivity contribution in [3.05, 3.63) is 88.5 Å². The molecular formula is C26H21F6NO3. The summed E-state index contributed by atoms with van der Waals surface area (Å²) >= 11 is 0. The van der Waals surface area contributed by atoms with Crippen molar-refractivity contribution in [3.8, 4) is 11.5 Å². The fourth-order valence-corrected chi connectivity index (χ4v) is 3.84. The molecule has 0 spiro atoms. The van der Waals surface area contributed by atoms with E-state index in [1.807, 2.05) is 26.0 Å². The predicted molar refractivity (Wildman–Crippen MR) is 120 cm³/mol. The summed E-state index contributed by atoms with van der Waals surface area (Å²) in [6, 6.07) is 12.5. The maximum Gasteiger partial charge on any atom is 0.416 e. The zero-order chi connectivity index (χ0) is 26.3. The Morgan fingerprint density at radius 2 is 1.56 bits per heavy atom. The number of carbonyl (C=O) groups is 1. The first-order valence-electron chi connectivity index (χ1n) is 10.8. The molecule has 1 amide bonds. The average Bonchev–Trinajstić information content (AvgIpc) is 3.11. The van der Waals surface area contributed by atoms with E-state index in [4.69, 9.17) is 9.47 Å². The van der Waals surface area contributed by atoms with Crippen molar-refractivity contribution in [2.24, 2.45) is 0 Å². The molecule has 0 saturated heterocycles. The highest BCUT2D eigenvalue weighted by Gasteiger charge is 2.37. The van der Waals surface area contributed by atoms with E-state index in [9.17, 15) is 31.1 Å². The summed E-state index contributed by atoms with van der Waals surface area (Å²) in [5, 5.41) is 2.11. The first-order chi connectivity index (χ1) is 16.7. The van der Waals surface area contributed by atoms with Crippen molar-refractivity contribution in [3.63, 3.8) is 0 Å². The van der Waals surface area contributed by atoms with Gasteiger partial charge in [0.05, 0.1) is 11.1 Å². The summed E-state index contributed by atoms with van der Waals surface area (Å²) in [4.78, 5) is 12.5. The molecule has 4 rings (SSSR count). The number of halogens is 6. The summed E-state index contributed by atoms with van der Waals surface area (Å²) in [7, 11) is 0. The molecule has 10 heteroatoms. The van der Waals surface area contributed by atoms with Gasteiger partial charge in [0.15, 0.2) is 11.5 Å². The van der Waals surface area contributed by atoms with Gasteiger partial charge in [-0.1, -0.05) is 24.3 Å². The van der Waals surface area contributed by atoms with E-state index in [1.54, 1.807) is 18.2 Å². The Morgan fingerprint density at radius 3 is 2.14 bits per heavy atom. The van der Waals surface area contributed by atoms with Gasteiger partial charge in [-0.3, -0.25) is 4.79 Å². The molecule has 0 unspecified atom stereocenters. The second kappa shape index (κ2) is 9.07. The van der Waals surface area contributed by atoms with Gasteiger partial charge < -0.3 is 14.8 Å². The van der Waals surface area contributed by atoms with Crippen LogP contribution < -0.4 is 14.8 Å². The Balaban J connectivity index is 1.45. The summed E-state index contributed by atoms with van der Waals surface area (Å²) in [5.41, 5.74) is -2.20. The van der Waals surface area contributed by atoms with Crippen molar-refractivity contribution in [2.45, 2.75) is 44.8 Å². The third-order valence-electron chi connectivity index (χ3n) is 5.51. The second-order valence-electron chi connectivity index (χ2n) is 9.02. The van der Waals surface area contributed by atoms with E-state index in [2.05, 4.69) is 5.32 Å². The van der Waals surface area contributed by atoms with E-state index in [0.717, 1.165) is 12.0 Å². The van der Waals surface area contributed by atoms with Gasteiger partial charge in [-0.2, -0.15) is 26.3 Å². The smallest absolute Gasteiger partial charge is 0.416 e. The SMILES string of the molecule is CC1(C)Cc2cccc(OCc3ccc(C(=O)Nc4cc(C(F)(F)F)cc(C(F)(F)F)c4)cc3)c2O1. The number of anilines is 1. The van der Waals surface area contributed by atoms with Gasteiger partial charge in [0.1, 0.15) is 12.2 Å². The van der Waals surface area contributed by atoms with Crippen LogP contribution in [-0.4, -0.2) is 11.5 Å². The van der Waals surface area contributed by atoms with Crippen LogP contribution in [0.1, 0.15) is 46.5 Å². The van der Waals surface area contributed by atoms with Gasteiger partial charge in [-0.05, 0) is 55.8 Å². The highest BCUT2D eigenvalue weighted by molar-refractivity contribution is 6.04. The van der Waals surface area contributed by atoms with Crippen molar-refractivity contribution >= 4 is 11.6 Å². The number of hydrogen-bond acceptors (Lipinski definition) is 3. The number of amides is 1. The molecule has 1 N–H and O–H groups in total.